The summed E-state index contributed by atoms with van der Waals surface area (Å²) >= 11 is 0. The van der Waals surface area contributed by atoms with Gasteiger partial charge in [-0.15, -0.1) is 0 Å². The number of carbonyl (C=O) groups is 2. The summed E-state index contributed by atoms with van der Waals surface area (Å²) in [4.78, 5) is 27.9. The molecule has 2 aliphatic rings. The molecular weight excluding hydrogens is 388 g/mol. The third kappa shape index (κ3) is 4.15. The molecule has 2 aromatic rings. The summed E-state index contributed by atoms with van der Waals surface area (Å²) in [7, 11) is 0. The summed E-state index contributed by atoms with van der Waals surface area (Å²) < 4.78 is 0. The summed E-state index contributed by atoms with van der Waals surface area (Å²) in [6.45, 7) is 4.62. The van der Waals surface area contributed by atoms with E-state index >= 15 is 0 Å². The van der Waals surface area contributed by atoms with Crippen molar-refractivity contribution in [3.63, 3.8) is 0 Å². The number of likely N-dealkylation sites (tertiary alicyclic amines) is 1. The van der Waals surface area contributed by atoms with Gasteiger partial charge in [0, 0.05) is 24.6 Å². The van der Waals surface area contributed by atoms with Gasteiger partial charge in [0.2, 0.25) is 5.91 Å². The first-order chi connectivity index (χ1) is 14.9. The highest BCUT2D eigenvalue weighted by atomic mass is 16.3. The van der Waals surface area contributed by atoms with Gasteiger partial charge in [0.05, 0.1) is 11.6 Å². The van der Waals surface area contributed by atoms with Crippen LogP contribution < -0.4 is 5.32 Å². The van der Waals surface area contributed by atoms with Crippen molar-refractivity contribution in [2.45, 2.75) is 44.8 Å². The molecule has 1 heterocycles. The number of nitrogens with one attached hydrogen (secondary N) is 1. The van der Waals surface area contributed by atoms with E-state index in [0.29, 0.717) is 18.5 Å². The van der Waals surface area contributed by atoms with Crippen LogP contribution in [-0.2, 0) is 10.3 Å². The molecule has 2 aromatic carbocycles. The lowest BCUT2D eigenvalue weighted by molar-refractivity contribution is -0.141. The van der Waals surface area contributed by atoms with Crippen molar-refractivity contribution in [3.05, 3.63) is 82.9 Å². The van der Waals surface area contributed by atoms with Gasteiger partial charge in [-0.3, -0.25) is 9.59 Å². The van der Waals surface area contributed by atoms with Crippen LogP contribution in [0.4, 0.5) is 0 Å². The Hall–Kier alpha value is -2.92. The number of nitrogens with zero attached hydrogens (tertiary/aromatic N) is 1. The van der Waals surface area contributed by atoms with Gasteiger partial charge in [-0.05, 0) is 50.3 Å². The molecule has 2 atom stereocenters. The molecule has 1 aliphatic heterocycles. The zero-order chi connectivity index (χ0) is 22.0. The number of amides is 2. The molecule has 1 saturated heterocycles. The number of carbonyl (C=O) groups excluding carboxylic acids is 2. The van der Waals surface area contributed by atoms with E-state index in [0.717, 1.165) is 29.5 Å². The van der Waals surface area contributed by atoms with Crippen LogP contribution in [0.25, 0.3) is 0 Å². The molecule has 2 amide bonds. The molecule has 5 nitrogen and oxygen atoms in total. The number of benzene rings is 2. The lowest BCUT2D eigenvalue weighted by Crippen LogP contribution is -2.63. The maximum Gasteiger partial charge on any atom is 0.252 e. The number of β-amino-alcohol motifs (C(OH)–C–C–N with tert-alkyl or cyclic N) is 1. The number of piperidine rings is 1. The van der Waals surface area contributed by atoms with E-state index in [1.54, 1.807) is 4.90 Å². The Morgan fingerprint density at radius 3 is 2.42 bits per heavy atom. The Morgan fingerprint density at radius 1 is 1.06 bits per heavy atom. The summed E-state index contributed by atoms with van der Waals surface area (Å²) in [6.07, 6.45) is 5.16. The van der Waals surface area contributed by atoms with Crippen LogP contribution in [0.2, 0.25) is 0 Å². The molecule has 0 aromatic heterocycles. The SMILES string of the molecule is Cc1ccc(C(=O)N[C@]2(c3ccccc3)CCN(C(=O)C3CC=CC3)C[C@H]2O)c(C)c1. The van der Waals surface area contributed by atoms with E-state index in [1.165, 1.54) is 0 Å². The zero-order valence-corrected chi connectivity index (χ0v) is 18.2. The number of aryl methyl sites for hydroxylation is 2. The van der Waals surface area contributed by atoms with Crippen molar-refractivity contribution in [1.29, 1.82) is 0 Å². The van der Waals surface area contributed by atoms with Crippen LogP contribution in [0, 0.1) is 19.8 Å². The van der Waals surface area contributed by atoms with Crippen LogP contribution in [0.3, 0.4) is 0 Å². The Kier molecular flexibility index (Phi) is 5.96. The van der Waals surface area contributed by atoms with Gasteiger partial charge in [-0.25, -0.2) is 0 Å². The minimum absolute atomic E-state index is 0.0266. The molecule has 2 N–H and O–H groups in total. The van der Waals surface area contributed by atoms with Gasteiger partial charge in [0.25, 0.3) is 5.91 Å². The number of hydrogen-bond acceptors (Lipinski definition) is 3. The van der Waals surface area contributed by atoms with Crippen LogP contribution in [0.5, 0.6) is 0 Å². The van der Waals surface area contributed by atoms with Gasteiger partial charge < -0.3 is 15.3 Å². The molecule has 0 spiro atoms. The molecule has 1 aliphatic carbocycles. The van der Waals surface area contributed by atoms with Crippen molar-refractivity contribution < 1.29 is 14.7 Å². The molecule has 0 unspecified atom stereocenters. The van der Waals surface area contributed by atoms with Gasteiger partial charge >= 0.3 is 0 Å². The summed E-state index contributed by atoms with van der Waals surface area (Å²) in [5.41, 5.74) is 2.51. The van der Waals surface area contributed by atoms with Crippen molar-refractivity contribution >= 4 is 11.8 Å². The second-order valence-electron chi connectivity index (χ2n) is 8.80. The average Bonchev–Trinajstić information content (AvgIpc) is 3.30. The van der Waals surface area contributed by atoms with Crippen molar-refractivity contribution in [1.82, 2.24) is 10.2 Å². The topological polar surface area (TPSA) is 69.6 Å². The molecular formula is C26H30N2O3. The minimum Gasteiger partial charge on any atom is -0.388 e. The van der Waals surface area contributed by atoms with Crippen LogP contribution in [-0.4, -0.2) is 41.0 Å². The third-order valence-electron chi connectivity index (χ3n) is 6.66. The van der Waals surface area contributed by atoms with E-state index in [4.69, 9.17) is 0 Å². The Bertz CT molecular complexity index is 993. The number of rotatable bonds is 4. The second kappa shape index (κ2) is 8.67. The Morgan fingerprint density at radius 2 is 1.77 bits per heavy atom. The average molecular weight is 419 g/mol. The third-order valence-corrected chi connectivity index (χ3v) is 6.66. The largest absolute Gasteiger partial charge is 0.388 e. The van der Waals surface area contributed by atoms with Gasteiger partial charge in [0.1, 0.15) is 0 Å². The van der Waals surface area contributed by atoms with E-state index in [1.807, 2.05) is 74.5 Å². The maximum absolute atomic E-state index is 13.3. The highest BCUT2D eigenvalue weighted by molar-refractivity contribution is 5.96. The lowest BCUT2D eigenvalue weighted by Gasteiger charge is -2.47. The van der Waals surface area contributed by atoms with Gasteiger partial charge in [-0.2, -0.15) is 0 Å². The zero-order valence-electron chi connectivity index (χ0n) is 18.2. The van der Waals surface area contributed by atoms with E-state index in [-0.39, 0.29) is 24.3 Å². The lowest BCUT2D eigenvalue weighted by atomic mass is 9.78. The van der Waals surface area contributed by atoms with E-state index in [9.17, 15) is 14.7 Å². The predicted molar refractivity (Wildman–Crippen MR) is 121 cm³/mol. The van der Waals surface area contributed by atoms with Crippen LogP contribution >= 0.6 is 0 Å². The van der Waals surface area contributed by atoms with Gasteiger partial charge in [0.15, 0.2) is 0 Å². The number of aliphatic hydroxyl groups is 1. The first-order valence-electron chi connectivity index (χ1n) is 11.0. The molecule has 0 saturated carbocycles. The molecule has 31 heavy (non-hydrogen) atoms. The monoisotopic (exact) mass is 418 g/mol. The van der Waals surface area contributed by atoms with Crippen molar-refractivity contribution in [3.8, 4) is 0 Å². The number of hydrogen-bond donors (Lipinski definition) is 2. The molecule has 162 valence electrons. The standard InChI is InChI=1S/C26H30N2O3/c1-18-12-13-22(19(2)16-18)24(30)27-26(21-10-4-3-5-11-21)14-15-28(17-23(26)29)25(31)20-8-6-7-9-20/h3-7,10-13,16,20,23,29H,8-9,14-15,17H2,1-2H3,(H,27,30)/t23-,26+/m1/s1. The highest BCUT2D eigenvalue weighted by Gasteiger charge is 2.46. The molecule has 4 rings (SSSR count). The molecule has 5 heteroatoms. The fourth-order valence-electron chi connectivity index (χ4n) is 4.84. The van der Waals surface area contributed by atoms with E-state index in [2.05, 4.69) is 5.32 Å². The van der Waals surface area contributed by atoms with E-state index < -0.39 is 11.6 Å². The molecule has 0 radical (unpaired) electrons. The Balaban J connectivity index is 1.61. The minimum atomic E-state index is -0.944. The highest BCUT2D eigenvalue weighted by Crippen LogP contribution is 2.35. The summed E-state index contributed by atoms with van der Waals surface area (Å²) in [6, 6.07) is 15.3. The smallest absolute Gasteiger partial charge is 0.252 e. The van der Waals surface area contributed by atoms with Crippen molar-refractivity contribution in [2.24, 2.45) is 5.92 Å². The predicted octanol–water partition coefficient (Wildman–Crippen LogP) is 3.49. The maximum atomic E-state index is 13.3. The molecule has 0 bridgehead atoms. The van der Waals surface area contributed by atoms with Crippen LogP contribution in [0.15, 0.2) is 60.7 Å². The first-order valence-corrected chi connectivity index (χ1v) is 11.0. The van der Waals surface area contributed by atoms with Crippen LogP contribution in [0.1, 0.15) is 46.3 Å². The first kappa shape index (κ1) is 21.3. The number of aliphatic hydroxyl groups excluding tert-OH is 1. The van der Waals surface area contributed by atoms with Crippen molar-refractivity contribution in [2.75, 3.05) is 13.1 Å². The Labute approximate surface area is 183 Å². The van der Waals surface area contributed by atoms with Gasteiger partial charge in [-0.1, -0.05) is 60.2 Å². The summed E-state index contributed by atoms with van der Waals surface area (Å²) in [5, 5.41) is 14.5. The fraction of sp³-hybridized carbons (Fsp3) is 0.385. The fourth-order valence-corrected chi connectivity index (χ4v) is 4.84. The normalized spacial score (nSPS) is 23.7. The number of allylic oxidation sites excluding steroid dienone is 2. The summed E-state index contributed by atoms with van der Waals surface area (Å²) in [5.74, 6) is -0.146. The molecule has 1 fully saturated rings. The second-order valence-corrected chi connectivity index (χ2v) is 8.80. The quantitative estimate of drug-likeness (QED) is 0.747.